The third-order valence-corrected chi connectivity index (χ3v) is 21.8. The van der Waals surface area contributed by atoms with Crippen LogP contribution in [0.3, 0.4) is 0 Å². The van der Waals surface area contributed by atoms with E-state index in [1.54, 1.807) is 0 Å². The Hall–Kier alpha value is -13.9. The quantitative estimate of drug-likeness (QED) is 0.139. The van der Waals surface area contributed by atoms with E-state index < -0.39 is 0 Å². The maximum absolute atomic E-state index is 5.21. The average molecular weight is 1330 g/mol. The van der Waals surface area contributed by atoms with Crippen LogP contribution in [0.15, 0.2) is 388 Å². The first kappa shape index (κ1) is 59.9. The zero-order valence-electron chi connectivity index (χ0n) is 57.2. The summed E-state index contributed by atoms with van der Waals surface area (Å²) in [4.78, 5) is 5.21. The summed E-state index contributed by atoms with van der Waals surface area (Å²) in [5.41, 5.74) is 21.1. The third-order valence-electron chi connectivity index (χ3n) is 21.8. The van der Waals surface area contributed by atoms with E-state index in [2.05, 4.69) is 402 Å². The highest BCUT2D eigenvalue weighted by Crippen LogP contribution is 2.44. The van der Waals surface area contributed by atoms with Gasteiger partial charge in [0, 0.05) is 49.3 Å². The van der Waals surface area contributed by atoms with Gasteiger partial charge in [-0.25, -0.2) is 4.98 Å². The molecule has 22 rings (SSSR count). The summed E-state index contributed by atoms with van der Waals surface area (Å²) in [7, 11) is 0. The number of aromatic nitrogens is 4. The first-order chi connectivity index (χ1) is 52.1. The number of hydrogen-bond acceptors (Lipinski definition) is 1. The van der Waals surface area contributed by atoms with Crippen molar-refractivity contribution in [3.8, 4) is 73.0 Å². The maximum atomic E-state index is 5.21. The van der Waals surface area contributed by atoms with Gasteiger partial charge >= 0.3 is 0 Å². The van der Waals surface area contributed by atoms with Crippen molar-refractivity contribution in [3.63, 3.8) is 0 Å². The highest BCUT2D eigenvalue weighted by molar-refractivity contribution is 6.27. The second-order valence-electron chi connectivity index (χ2n) is 27.7. The number of para-hydroxylation sites is 6. The first-order valence-electron chi connectivity index (χ1n) is 36.1. The molecule has 0 N–H and O–H groups in total. The molecular formula is C101H64N4. The normalized spacial score (nSPS) is 11.8. The van der Waals surface area contributed by atoms with E-state index in [1.807, 2.05) is 0 Å². The first-order valence-corrected chi connectivity index (χ1v) is 36.1. The molecule has 4 nitrogen and oxygen atoms in total. The van der Waals surface area contributed by atoms with Crippen LogP contribution in [-0.2, 0) is 0 Å². The molecule has 0 radical (unpaired) electrons. The minimum absolute atomic E-state index is 0.921. The van der Waals surface area contributed by atoms with Gasteiger partial charge in [0.1, 0.15) is 5.82 Å². The lowest BCUT2D eigenvalue weighted by Crippen LogP contribution is -1.98. The fourth-order valence-corrected chi connectivity index (χ4v) is 17.1. The summed E-state index contributed by atoms with van der Waals surface area (Å²) in [5, 5.41) is 22.9. The van der Waals surface area contributed by atoms with Gasteiger partial charge in [-0.05, 0) is 212 Å². The summed E-state index contributed by atoms with van der Waals surface area (Å²) in [6, 6.07) is 141. The molecule has 4 heteroatoms. The number of hydrogen-bond donors (Lipinski definition) is 0. The summed E-state index contributed by atoms with van der Waals surface area (Å²) in [5.74, 6) is 0.921. The lowest BCUT2D eigenvalue weighted by Gasteiger charge is -2.15. The molecule has 0 amide bonds. The van der Waals surface area contributed by atoms with Crippen molar-refractivity contribution >= 4 is 130 Å². The standard InChI is InChI=1S/C60H38N2.C41H26N2/c1-2-21-48-47(20-1)49-32-30-43(40-15-11-14-39(34-40)41-16-12-18-45(35-41)61-57-26-7-3-22-51(57)52-23-4-8-27-58(52)61)37-55(49)56-38-44(31-33-50(48)56)42-17-13-19-46(36-42)62-59-28-9-5-24-53(59)54-25-6-10-29-60(54)62;1-2-15-32-30(13-1)31-14-3-4-16-33(31)37-26-28(23-24-34(32)37)27-11-9-12-29(25-27)38-19-10-22-41(42-38)43-39-20-7-5-17-35(39)36-18-6-8-21-40(36)43/h1-38H;1-26H. The summed E-state index contributed by atoms with van der Waals surface area (Å²) >= 11 is 0. The lowest BCUT2D eigenvalue weighted by molar-refractivity contribution is 1.08. The summed E-state index contributed by atoms with van der Waals surface area (Å²) < 4.78 is 7.07. The monoisotopic (exact) mass is 1330 g/mol. The van der Waals surface area contributed by atoms with Gasteiger partial charge in [0.05, 0.1) is 38.8 Å². The number of pyridine rings is 1. The fourth-order valence-electron chi connectivity index (χ4n) is 17.1. The molecule has 0 unspecified atom stereocenters. The number of fused-ring (bicyclic) bond motifs is 21. The molecule has 4 heterocycles. The van der Waals surface area contributed by atoms with Crippen molar-refractivity contribution in [2.75, 3.05) is 0 Å². The Kier molecular flexibility index (Phi) is 13.9. The average Bonchev–Trinajstić information content (AvgIpc) is 1.36. The van der Waals surface area contributed by atoms with E-state index in [0.29, 0.717) is 0 Å². The Morgan fingerprint density at radius 1 is 0.143 bits per heavy atom. The third kappa shape index (κ3) is 9.87. The molecule has 0 aliphatic carbocycles. The predicted molar refractivity (Wildman–Crippen MR) is 446 cm³/mol. The smallest absolute Gasteiger partial charge is 0.138 e. The van der Waals surface area contributed by atoms with E-state index in [9.17, 15) is 0 Å². The van der Waals surface area contributed by atoms with Crippen molar-refractivity contribution in [1.29, 1.82) is 0 Å². The van der Waals surface area contributed by atoms with Crippen LogP contribution < -0.4 is 0 Å². The molecule has 22 aromatic rings. The zero-order chi connectivity index (χ0) is 69.1. The topological polar surface area (TPSA) is 27.7 Å². The predicted octanol–water partition coefficient (Wildman–Crippen LogP) is 27.3. The lowest BCUT2D eigenvalue weighted by atomic mass is 9.90. The fraction of sp³-hybridized carbons (Fsp3) is 0. The SMILES string of the molecule is c1cc(-c2ccc3c4ccccc4c4ccccc4c3c2)cc(-c2cccc(-n3c4ccccc4c4ccccc43)n2)c1.c1cc(-c2cccc(-n3c4ccccc4c4ccccc43)c2)cc(-c2ccc3c4ccccc4c4ccc(-c5cccc(-n6c7ccccc7c7ccccc76)c5)cc4c3c2)c1. The van der Waals surface area contributed by atoms with Gasteiger partial charge in [0.25, 0.3) is 0 Å². The Morgan fingerprint density at radius 3 is 0.733 bits per heavy atom. The van der Waals surface area contributed by atoms with Gasteiger partial charge in [-0.3, -0.25) is 4.57 Å². The van der Waals surface area contributed by atoms with Crippen LogP contribution in [0.5, 0.6) is 0 Å². The van der Waals surface area contributed by atoms with Crippen LogP contribution in [0.2, 0.25) is 0 Å². The van der Waals surface area contributed by atoms with Crippen LogP contribution in [0.4, 0.5) is 0 Å². The van der Waals surface area contributed by atoms with Crippen molar-refractivity contribution in [3.05, 3.63) is 388 Å². The van der Waals surface area contributed by atoms with E-state index >= 15 is 0 Å². The van der Waals surface area contributed by atoms with Crippen molar-refractivity contribution in [2.45, 2.75) is 0 Å². The van der Waals surface area contributed by atoms with Crippen LogP contribution in [0.25, 0.3) is 203 Å². The minimum Gasteiger partial charge on any atom is -0.309 e. The van der Waals surface area contributed by atoms with Crippen LogP contribution >= 0.6 is 0 Å². The Labute approximate surface area is 606 Å². The van der Waals surface area contributed by atoms with Gasteiger partial charge in [0.15, 0.2) is 0 Å². The molecule has 18 aromatic carbocycles. The van der Waals surface area contributed by atoms with E-state index in [1.165, 1.54) is 164 Å². The number of benzene rings is 18. The highest BCUT2D eigenvalue weighted by Gasteiger charge is 2.19. The van der Waals surface area contributed by atoms with Crippen LogP contribution in [0, 0.1) is 0 Å². The van der Waals surface area contributed by atoms with Crippen LogP contribution in [-0.4, -0.2) is 18.7 Å². The molecule has 0 spiro atoms. The van der Waals surface area contributed by atoms with Gasteiger partial charge in [-0.15, -0.1) is 0 Å². The molecule has 0 aliphatic heterocycles. The van der Waals surface area contributed by atoms with Crippen LogP contribution in [0.1, 0.15) is 0 Å². The minimum atomic E-state index is 0.921. The van der Waals surface area contributed by atoms with Crippen molar-refractivity contribution < 1.29 is 0 Å². The molecule has 4 aromatic heterocycles. The Balaban J connectivity index is 0.000000145. The van der Waals surface area contributed by atoms with Gasteiger partial charge in [-0.2, -0.15) is 0 Å². The second-order valence-corrected chi connectivity index (χ2v) is 27.7. The zero-order valence-corrected chi connectivity index (χ0v) is 57.2. The molecule has 0 aliphatic rings. The maximum Gasteiger partial charge on any atom is 0.138 e. The van der Waals surface area contributed by atoms with Crippen molar-refractivity contribution in [2.24, 2.45) is 0 Å². The number of nitrogens with zero attached hydrogens (tertiary/aromatic N) is 4. The van der Waals surface area contributed by atoms with E-state index in [4.69, 9.17) is 4.98 Å². The molecule has 0 fully saturated rings. The molecule has 0 atom stereocenters. The van der Waals surface area contributed by atoms with Gasteiger partial charge in [0.2, 0.25) is 0 Å². The molecular weight excluding hydrogens is 1270 g/mol. The molecule has 0 saturated carbocycles. The molecule has 0 bridgehead atoms. The summed E-state index contributed by atoms with van der Waals surface area (Å²) in [6.07, 6.45) is 0. The molecule has 488 valence electrons. The highest BCUT2D eigenvalue weighted by atomic mass is 15.1. The summed E-state index contributed by atoms with van der Waals surface area (Å²) in [6.45, 7) is 0. The van der Waals surface area contributed by atoms with Gasteiger partial charge in [-0.1, -0.05) is 285 Å². The number of rotatable bonds is 8. The Morgan fingerprint density at radius 2 is 0.381 bits per heavy atom. The van der Waals surface area contributed by atoms with Crippen molar-refractivity contribution in [1.82, 2.24) is 18.7 Å². The second kappa shape index (κ2) is 24.4. The Bertz CT molecular complexity index is 7110. The van der Waals surface area contributed by atoms with Gasteiger partial charge < -0.3 is 9.13 Å². The largest absolute Gasteiger partial charge is 0.309 e. The van der Waals surface area contributed by atoms with E-state index in [0.717, 1.165) is 39.5 Å². The molecule has 0 saturated heterocycles. The molecule has 105 heavy (non-hydrogen) atoms. The van der Waals surface area contributed by atoms with E-state index in [-0.39, 0.29) is 0 Å².